The molecule has 0 saturated carbocycles. The van der Waals surface area contributed by atoms with Crippen molar-refractivity contribution in [3.05, 3.63) is 100 Å². The summed E-state index contributed by atoms with van der Waals surface area (Å²) in [5.41, 5.74) is 2.83. The molecule has 3 aromatic carbocycles. The summed E-state index contributed by atoms with van der Waals surface area (Å²) in [6, 6.07) is 23.5. The van der Waals surface area contributed by atoms with Gasteiger partial charge in [-0.3, -0.25) is 4.79 Å². The third-order valence-corrected chi connectivity index (χ3v) is 7.28. The smallest absolute Gasteiger partial charge is 0.241 e. The number of hydrogen-bond donors (Lipinski definition) is 2. The van der Waals surface area contributed by atoms with Gasteiger partial charge in [0.05, 0.1) is 10.9 Å². The Morgan fingerprint density at radius 3 is 2.19 bits per heavy atom. The van der Waals surface area contributed by atoms with Crippen LogP contribution in [0, 0.1) is 0 Å². The first kappa shape index (κ1) is 24.2. The molecule has 32 heavy (non-hydrogen) atoms. The van der Waals surface area contributed by atoms with Gasteiger partial charge >= 0.3 is 0 Å². The molecule has 0 aliphatic carbocycles. The first-order valence-corrected chi connectivity index (χ1v) is 12.7. The Hall–Kier alpha value is -2.48. The molecule has 5 nitrogen and oxygen atoms in total. The van der Waals surface area contributed by atoms with E-state index >= 15 is 0 Å². The third kappa shape index (κ3) is 6.76. The summed E-state index contributed by atoms with van der Waals surface area (Å²) in [4.78, 5) is 12.5. The van der Waals surface area contributed by atoms with Crippen molar-refractivity contribution in [2.45, 2.75) is 43.7 Å². The standard InChI is InChI=1S/C25H27BrN2O3S/c1-18(22-9-6-10-23(26)17-22)27-25(29)16-13-20-11-14-24(15-12-20)32(30,31)28-19(2)21-7-4-3-5-8-21/h3-12,14-15,17-19,28H,13,16H2,1-2H3,(H,27,29)/t18-,19-/m1/s1. The Morgan fingerprint density at radius 2 is 1.53 bits per heavy atom. The zero-order valence-corrected chi connectivity index (χ0v) is 20.5. The van der Waals surface area contributed by atoms with Crippen LogP contribution in [0.4, 0.5) is 0 Å². The number of carbonyl (C=O) groups excluding carboxylic acids is 1. The van der Waals surface area contributed by atoms with E-state index in [2.05, 4.69) is 26.0 Å². The van der Waals surface area contributed by atoms with E-state index in [9.17, 15) is 13.2 Å². The highest BCUT2D eigenvalue weighted by Gasteiger charge is 2.18. The van der Waals surface area contributed by atoms with Crippen LogP contribution in [-0.4, -0.2) is 14.3 Å². The highest BCUT2D eigenvalue weighted by atomic mass is 79.9. The Balaban J connectivity index is 1.54. The molecule has 1 amide bonds. The normalized spacial score (nSPS) is 13.3. The second kappa shape index (κ2) is 10.9. The maximum absolute atomic E-state index is 12.7. The highest BCUT2D eigenvalue weighted by Crippen LogP contribution is 2.19. The molecule has 0 bridgehead atoms. The molecule has 2 N–H and O–H groups in total. The fourth-order valence-electron chi connectivity index (χ4n) is 3.38. The van der Waals surface area contributed by atoms with E-state index in [-0.39, 0.29) is 22.9 Å². The van der Waals surface area contributed by atoms with Crippen LogP contribution >= 0.6 is 15.9 Å². The summed E-state index contributed by atoms with van der Waals surface area (Å²) in [6.45, 7) is 3.76. The molecule has 0 fully saturated rings. The van der Waals surface area contributed by atoms with Crippen LogP contribution in [0.3, 0.4) is 0 Å². The summed E-state index contributed by atoms with van der Waals surface area (Å²) in [5, 5.41) is 3.00. The van der Waals surface area contributed by atoms with Crippen LogP contribution in [0.25, 0.3) is 0 Å². The predicted octanol–water partition coefficient (Wildman–Crippen LogP) is 5.30. The molecule has 168 valence electrons. The summed E-state index contributed by atoms with van der Waals surface area (Å²) in [6.07, 6.45) is 0.860. The maximum atomic E-state index is 12.7. The molecule has 2 atom stereocenters. The van der Waals surface area contributed by atoms with Crippen LogP contribution < -0.4 is 10.0 Å². The average Bonchev–Trinajstić information content (AvgIpc) is 2.78. The van der Waals surface area contributed by atoms with E-state index in [4.69, 9.17) is 0 Å². The molecule has 3 rings (SSSR count). The summed E-state index contributed by atoms with van der Waals surface area (Å²) in [5.74, 6) is -0.0486. The van der Waals surface area contributed by atoms with Crippen molar-refractivity contribution in [1.29, 1.82) is 0 Å². The fourth-order valence-corrected chi connectivity index (χ4v) is 5.03. The van der Waals surface area contributed by atoms with Gasteiger partial charge in [-0.25, -0.2) is 13.1 Å². The molecule has 0 heterocycles. The molecular formula is C25H27BrN2O3S. The Morgan fingerprint density at radius 1 is 0.875 bits per heavy atom. The van der Waals surface area contributed by atoms with E-state index in [0.717, 1.165) is 21.2 Å². The van der Waals surface area contributed by atoms with Crippen molar-refractivity contribution < 1.29 is 13.2 Å². The van der Waals surface area contributed by atoms with Crippen molar-refractivity contribution in [2.24, 2.45) is 0 Å². The minimum Gasteiger partial charge on any atom is -0.350 e. The molecule has 0 saturated heterocycles. The largest absolute Gasteiger partial charge is 0.350 e. The van der Waals surface area contributed by atoms with Gasteiger partial charge in [-0.05, 0) is 61.2 Å². The van der Waals surface area contributed by atoms with Crippen molar-refractivity contribution in [1.82, 2.24) is 10.0 Å². The number of halogens is 1. The summed E-state index contributed by atoms with van der Waals surface area (Å²) >= 11 is 3.44. The van der Waals surface area contributed by atoms with Gasteiger partial charge in [0.25, 0.3) is 0 Å². The number of benzene rings is 3. The van der Waals surface area contributed by atoms with E-state index in [1.165, 1.54) is 0 Å². The first-order valence-electron chi connectivity index (χ1n) is 10.5. The zero-order chi connectivity index (χ0) is 23.1. The van der Waals surface area contributed by atoms with Crippen molar-refractivity contribution in [3.63, 3.8) is 0 Å². The number of rotatable bonds is 9. The molecular weight excluding hydrogens is 488 g/mol. The van der Waals surface area contributed by atoms with E-state index < -0.39 is 10.0 Å². The number of carbonyl (C=O) groups is 1. The van der Waals surface area contributed by atoms with Gasteiger partial charge in [0.1, 0.15) is 0 Å². The van der Waals surface area contributed by atoms with Crippen molar-refractivity contribution in [3.8, 4) is 0 Å². The van der Waals surface area contributed by atoms with E-state index in [0.29, 0.717) is 12.8 Å². The molecule has 0 aliphatic heterocycles. The van der Waals surface area contributed by atoms with Crippen molar-refractivity contribution >= 4 is 31.9 Å². The van der Waals surface area contributed by atoms with Gasteiger partial charge < -0.3 is 5.32 Å². The molecule has 0 spiro atoms. The third-order valence-electron chi connectivity index (χ3n) is 5.23. The minimum atomic E-state index is -3.64. The van der Waals surface area contributed by atoms with Crippen LogP contribution in [-0.2, 0) is 21.2 Å². The molecule has 0 radical (unpaired) electrons. The summed E-state index contributed by atoms with van der Waals surface area (Å²) < 4.78 is 29.1. The number of sulfonamides is 1. The van der Waals surface area contributed by atoms with Crippen molar-refractivity contribution in [2.75, 3.05) is 0 Å². The summed E-state index contributed by atoms with van der Waals surface area (Å²) in [7, 11) is -3.64. The number of nitrogens with one attached hydrogen (secondary N) is 2. The van der Waals surface area contributed by atoms with Gasteiger partial charge in [-0.1, -0.05) is 70.5 Å². The SMILES string of the molecule is C[C@@H](NC(=O)CCc1ccc(S(=O)(=O)N[C@H](C)c2ccccc2)cc1)c1cccc(Br)c1. The Kier molecular flexibility index (Phi) is 8.23. The van der Waals surface area contributed by atoms with Crippen LogP contribution in [0.5, 0.6) is 0 Å². The molecule has 0 aliphatic rings. The molecule has 3 aromatic rings. The Bertz CT molecular complexity index is 1150. The lowest BCUT2D eigenvalue weighted by atomic mass is 10.1. The Labute approximate surface area is 198 Å². The topological polar surface area (TPSA) is 75.3 Å². The fraction of sp³-hybridized carbons (Fsp3) is 0.240. The molecule has 0 unspecified atom stereocenters. The quantitative estimate of drug-likeness (QED) is 0.406. The first-order chi connectivity index (χ1) is 15.2. The second-order valence-corrected chi connectivity index (χ2v) is 10.4. The lowest BCUT2D eigenvalue weighted by Crippen LogP contribution is -2.27. The van der Waals surface area contributed by atoms with Gasteiger partial charge in [-0.2, -0.15) is 0 Å². The van der Waals surface area contributed by atoms with Gasteiger partial charge in [0, 0.05) is 16.9 Å². The molecule has 7 heteroatoms. The maximum Gasteiger partial charge on any atom is 0.241 e. The van der Waals surface area contributed by atoms with Crippen LogP contribution in [0.15, 0.2) is 88.2 Å². The van der Waals surface area contributed by atoms with Crippen LogP contribution in [0.1, 0.15) is 49.0 Å². The lowest BCUT2D eigenvalue weighted by Gasteiger charge is -2.15. The van der Waals surface area contributed by atoms with Crippen LogP contribution in [0.2, 0.25) is 0 Å². The van der Waals surface area contributed by atoms with E-state index in [1.807, 2.05) is 68.4 Å². The minimum absolute atomic E-state index is 0.0486. The monoisotopic (exact) mass is 514 g/mol. The van der Waals surface area contributed by atoms with Gasteiger partial charge in [0.2, 0.25) is 15.9 Å². The average molecular weight is 515 g/mol. The zero-order valence-electron chi connectivity index (χ0n) is 18.1. The number of aryl methyl sites for hydroxylation is 1. The lowest BCUT2D eigenvalue weighted by molar-refractivity contribution is -0.121. The van der Waals surface area contributed by atoms with Gasteiger partial charge in [0.15, 0.2) is 0 Å². The number of amides is 1. The second-order valence-electron chi connectivity index (χ2n) is 7.74. The molecule has 0 aromatic heterocycles. The highest BCUT2D eigenvalue weighted by molar-refractivity contribution is 9.10. The predicted molar refractivity (Wildman–Crippen MR) is 131 cm³/mol. The van der Waals surface area contributed by atoms with Gasteiger partial charge in [-0.15, -0.1) is 0 Å². The number of hydrogen-bond acceptors (Lipinski definition) is 3. The van der Waals surface area contributed by atoms with E-state index in [1.54, 1.807) is 24.3 Å².